The van der Waals surface area contributed by atoms with Gasteiger partial charge in [0.05, 0.1) is 6.54 Å². The molecule has 1 aliphatic heterocycles. The van der Waals surface area contributed by atoms with Crippen molar-refractivity contribution >= 4 is 65.2 Å². The number of carbonyl (C=O) groups is 8. The zero-order valence-electron chi connectivity index (χ0n) is 41.9. The number of benzene rings is 1. The standard InChI is InChI=1S/C46H79N17O9/c1-5-27(4)36(41(69)60-31(17-11-21-56-46(52)53)42(70)63-22-12-18-34(63)43(71)72)62-38(66)30(16-10-20-55-45(50)51)58-37(65)29(15-9-19-54-44(48)49)59-39(67)32(23-26(2)3)61-40(68)33(57-35(64)25-47)24-28-13-7-6-8-14-28/h6-8,13-14,26-27,29-34,36H,5,9-12,15-25,47H2,1-4H3,(H,57,64)(H,58,65)(H,59,67)(H,60,69)(H,61,68)(H,62,66)(H,71,72)(H4,48,49,54)(H4,50,51,55)(H4,52,53,56). The highest BCUT2D eigenvalue weighted by molar-refractivity contribution is 5.97. The molecule has 72 heavy (non-hydrogen) atoms. The van der Waals surface area contributed by atoms with Crippen LogP contribution in [0.25, 0.3) is 0 Å². The average Bonchev–Trinajstić information content (AvgIpc) is 3.83. The fourth-order valence-electron chi connectivity index (χ4n) is 7.84. The van der Waals surface area contributed by atoms with E-state index in [4.69, 9.17) is 40.1 Å². The van der Waals surface area contributed by atoms with Gasteiger partial charge in [0.25, 0.3) is 0 Å². The monoisotopic (exact) mass is 1010 g/mol. The lowest BCUT2D eigenvalue weighted by Gasteiger charge is -2.31. The minimum Gasteiger partial charge on any atom is -0.480 e. The Kier molecular flexibility index (Phi) is 26.9. The summed E-state index contributed by atoms with van der Waals surface area (Å²) in [5.41, 5.74) is 39.4. The van der Waals surface area contributed by atoms with E-state index in [1.54, 1.807) is 44.2 Å². The number of hydrogen-bond acceptors (Lipinski definition) is 12. The maximum absolute atomic E-state index is 14.4. The third kappa shape index (κ3) is 22.2. The summed E-state index contributed by atoms with van der Waals surface area (Å²) in [6.45, 7) is 7.17. The first kappa shape index (κ1) is 60.9. The van der Waals surface area contributed by atoms with Crippen LogP contribution in [0.2, 0.25) is 0 Å². The molecule has 1 fully saturated rings. The van der Waals surface area contributed by atoms with Crippen molar-refractivity contribution in [1.29, 1.82) is 0 Å². The summed E-state index contributed by atoms with van der Waals surface area (Å²) < 4.78 is 0. The maximum atomic E-state index is 14.4. The second kappa shape index (κ2) is 31.9. The van der Waals surface area contributed by atoms with Crippen LogP contribution >= 0.6 is 0 Å². The molecule has 0 aromatic heterocycles. The van der Waals surface area contributed by atoms with Crippen LogP contribution < -0.4 is 72.0 Å². The van der Waals surface area contributed by atoms with E-state index in [9.17, 15) is 43.5 Å². The van der Waals surface area contributed by atoms with E-state index in [1.165, 1.54) is 4.90 Å². The number of aliphatic carboxylic acids is 1. The normalized spacial score (nSPS) is 16.0. The number of nitrogens with zero attached hydrogens (tertiary/aromatic N) is 4. The molecule has 26 heteroatoms. The number of nitrogens with one attached hydrogen (secondary N) is 6. The molecule has 402 valence electrons. The minimum atomic E-state index is -1.35. The first-order valence-corrected chi connectivity index (χ1v) is 24.3. The van der Waals surface area contributed by atoms with Crippen molar-refractivity contribution in [1.82, 2.24) is 36.8 Å². The summed E-state index contributed by atoms with van der Waals surface area (Å²) in [5, 5.41) is 26.1. The van der Waals surface area contributed by atoms with Gasteiger partial charge in [-0.3, -0.25) is 48.5 Å². The lowest BCUT2D eigenvalue weighted by Crippen LogP contribution is -2.61. The van der Waals surface area contributed by atoms with E-state index in [0.717, 1.165) is 5.56 Å². The summed E-state index contributed by atoms with van der Waals surface area (Å²) in [7, 11) is 0. The van der Waals surface area contributed by atoms with E-state index in [0.29, 0.717) is 12.8 Å². The van der Waals surface area contributed by atoms with Crippen molar-refractivity contribution in [3.8, 4) is 0 Å². The Morgan fingerprint density at radius 3 is 1.57 bits per heavy atom. The molecule has 0 aliphatic carbocycles. The molecular weight excluding hydrogens is 935 g/mol. The first-order valence-electron chi connectivity index (χ1n) is 24.3. The Morgan fingerprint density at radius 2 is 1.10 bits per heavy atom. The van der Waals surface area contributed by atoms with E-state index in [-0.39, 0.29) is 114 Å². The molecule has 0 radical (unpaired) electrons. The number of nitrogens with two attached hydrogens (primary N) is 7. The smallest absolute Gasteiger partial charge is 0.326 e. The van der Waals surface area contributed by atoms with Crippen LogP contribution in [0.15, 0.2) is 45.3 Å². The zero-order valence-corrected chi connectivity index (χ0v) is 41.9. The third-order valence-electron chi connectivity index (χ3n) is 11.8. The van der Waals surface area contributed by atoms with Crippen molar-refractivity contribution in [3.05, 3.63) is 35.9 Å². The number of hydrogen-bond donors (Lipinski definition) is 14. The number of likely N-dealkylation sites (tertiary alicyclic amines) is 1. The van der Waals surface area contributed by atoms with E-state index < -0.39 is 95.5 Å². The number of carboxylic acids is 1. The quantitative estimate of drug-likeness (QED) is 0.0189. The molecule has 8 unspecified atom stereocenters. The van der Waals surface area contributed by atoms with Crippen LogP contribution in [-0.4, -0.2) is 150 Å². The van der Waals surface area contributed by atoms with Gasteiger partial charge in [0.1, 0.15) is 42.3 Å². The highest BCUT2D eigenvalue weighted by Crippen LogP contribution is 2.20. The van der Waals surface area contributed by atoms with Gasteiger partial charge in [0, 0.05) is 32.6 Å². The SMILES string of the molecule is CCC(C)C(NC(=O)C(CCCN=C(N)N)NC(=O)C(CCCN=C(N)N)NC(=O)C(CC(C)C)NC(=O)C(Cc1ccccc1)NC(=O)CN)C(=O)NC(CCCN=C(N)N)C(=O)N1CCCC1C(=O)O. The fraction of sp³-hybridized carbons (Fsp3) is 0.630. The predicted octanol–water partition coefficient (Wildman–Crippen LogP) is -3.57. The predicted molar refractivity (Wildman–Crippen MR) is 272 cm³/mol. The van der Waals surface area contributed by atoms with Gasteiger partial charge in [0.2, 0.25) is 41.4 Å². The molecular formula is C46H79N17O9. The second-order valence-corrected chi connectivity index (χ2v) is 18.1. The molecule has 2 rings (SSSR count). The summed E-state index contributed by atoms with van der Waals surface area (Å²) in [5.74, 6) is -7.42. The van der Waals surface area contributed by atoms with Crippen molar-refractivity contribution < 1.29 is 43.5 Å². The number of amides is 7. The number of carboxylic acid groups (broad SMARTS) is 1. The van der Waals surface area contributed by atoms with E-state index in [1.807, 2.05) is 13.8 Å². The van der Waals surface area contributed by atoms with Crippen LogP contribution in [0, 0.1) is 11.8 Å². The van der Waals surface area contributed by atoms with Crippen LogP contribution in [0.4, 0.5) is 0 Å². The Bertz CT molecular complexity index is 2040. The van der Waals surface area contributed by atoms with Crippen LogP contribution in [0.3, 0.4) is 0 Å². The molecule has 0 bridgehead atoms. The highest BCUT2D eigenvalue weighted by Gasteiger charge is 2.39. The molecule has 1 aromatic rings. The molecule has 0 saturated carbocycles. The van der Waals surface area contributed by atoms with Gasteiger partial charge < -0.3 is 82.0 Å². The van der Waals surface area contributed by atoms with Gasteiger partial charge in [-0.05, 0) is 75.2 Å². The Balaban J connectivity index is 2.50. The Labute approximate surface area is 420 Å². The molecule has 8 atom stereocenters. The number of aliphatic imine (C=N–C) groups is 3. The van der Waals surface area contributed by atoms with Crippen molar-refractivity contribution in [2.24, 2.45) is 66.9 Å². The van der Waals surface area contributed by atoms with E-state index >= 15 is 0 Å². The molecule has 1 aliphatic rings. The molecule has 21 N–H and O–H groups in total. The summed E-state index contributed by atoms with van der Waals surface area (Å²) in [4.78, 5) is 123. The van der Waals surface area contributed by atoms with E-state index in [2.05, 4.69) is 46.9 Å². The summed E-state index contributed by atoms with van der Waals surface area (Å²) >= 11 is 0. The van der Waals surface area contributed by atoms with Crippen molar-refractivity contribution in [2.45, 2.75) is 141 Å². The highest BCUT2D eigenvalue weighted by atomic mass is 16.4. The molecule has 7 amide bonds. The third-order valence-corrected chi connectivity index (χ3v) is 11.8. The number of guanidine groups is 3. The van der Waals surface area contributed by atoms with Gasteiger partial charge in [0.15, 0.2) is 17.9 Å². The van der Waals surface area contributed by atoms with Gasteiger partial charge in [-0.1, -0.05) is 64.4 Å². The molecule has 0 spiro atoms. The van der Waals surface area contributed by atoms with Gasteiger partial charge in [-0.2, -0.15) is 0 Å². The Morgan fingerprint density at radius 1 is 0.639 bits per heavy atom. The lowest BCUT2D eigenvalue weighted by atomic mass is 9.96. The van der Waals surface area contributed by atoms with Crippen LogP contribution in [-0.2, 0) is 44.8 Å². The van der Waals surface area contributed by atoms with Crippen LogP contribution in [0.5, 0.6) is 0 Å². The van der Waals surface area contributed by atoms with Crippen LogP contribution in [0.1, 0.15) is 97.5 Å². The van der Waals surface area contributed by atoms with Gasteiger partial charge in [-0.15, -0.1) is 0 Å². The minimum absolute atomic E-state index is 0.0337. The maximum Gasteiger partial charge on any atom is 0.326 e. The second-order valence-electron chi connectivity index (χ2n) is 18.1. The molecule has 1 saturated heterocycles. The molecule has 1 aromatic carbocycles. The topological polar surface area (TPSA) is 451 Å². The largest absolute Gasteiger partial charge is 0.480 e. The lowest BCUT2D eigenvalue weighted by molar-refractivity contribution is -0.149. The van der Waals surface area contributed by atoms with Gasteiger partial charge in [-0.25, -0.2) is 4.79 Å². The average molecular weight is 1010 g/mol. The first-order chi connectivity index (χ1) is 34.1. The summed E-state index contributed by atoms with van der Waals surface area (Å²) in [6, 6.07) is 0.354. The van der Waals surface area contributed by atoms with Crippen molar-refractivity contribution in [3.63, 3.8) is 0 Å². The number of rotatable bonds is 32. The number of carbonyl (C=O) groups excluding carboxylic acids is 7. The zero-order chi connectivity index (χ0) is 53.9. The molecule has 1 heterocycles. The van der Waals surface area contributed by atoms with Gasteiger partial charge >= 0.3 is 5.97 Å². The molecule has 26 nitrogen and oxygen atoms in total. The van der Waals surface area contributed by atoms with Crippen molar-refractivity contribution in [2.75, 3.05) is 32.7 Å². The Hall–Kier alpha value is -7.25. The fourth-order valence-corrected chi connectivity index (χ4v) is 7.84. The summed E-state index contributed by atoms with van der Waals surface area (Å²) in [6.07, 6.45) is 1.78.